The molecular formula is C19H16ClFN2O3. The molecule has 0 saturated carbocycles. The zero-order chi connectivity index (χ0) is 18.9. The second kappa shape index (κ2) is 9.44. The monoisotopic (exact) mass is 374 g/mol. The summed E-state index contributed by atoms with van der Waals surface area (Å²) in [6.07, 6.45) is 6.67. The highest BCUT2D eigenvalue weighted by Crippen LogP contribution is 2.35. The van der Waals surface area contributed by atoms with Crippen LogP contribution in [0.4, 0.5) is 4.39 Å². The van der Waals surface area contributed by atoms with Crippen molar-refractivity contribution < 1.29 is 18.7 Å². The number of hydrogen-bond donors (Lipinski definition) is 1. The van der Waals surface area contributed by atoms with E-state index >= 15 is 0 Å². The molecule has 134 valence electrons. The van der Waals surface area contributed by atoms with Crippen molar-refractivity contribution in [2.24, 2.45) is 5.10 Å². The van der Waals surface area contributed by atoms with Gasteiger partial charge in [0, 0.05) is 0 Å². The smallest absolute Gasteiger partial charge is 0.244 e. The topological polar surface area (TPSA) is 59.9 Å². The van der Waals surface area contributed by atoms with E-state index in [1.165, 1.54) is 37.6 Å². The maximum Gasteiger partial charge on any atom is 0.244 e. The van der Waals surface area contributed by atoms with Crippen LogP contribution in [0.1, 0.15) is 11.1 Å². The molecule has 0 fully saturated rings. The molecule has 0 spiro atoms. The summed E-state index contributed by atoms with van der Waals surface area (Å²) in [6.45, 7) is 0.0585. The SMILES string of the molecule is C#CCOc1c(Cl)cc(/C=N/NC(=O)Cc2ccc(F)cc2)cc1OC. The molecule has 0 aliphatic carbocycles. The third kappa shape index (κ3) is 5.50. The molecule has 0 aliphatic heterocycles. The molecule has 7 heteroatoms. The predicted molar refractivity (Wildman–Crippen MR) is 98.2 cm³/mol. The third-order valence-electron chi connectivity index (χ3n) is 3.23. The van der Waals surface area contributed by atoms with Gasteiger partial charge in [-0.25, -0.2) is 9.82 Å². The number of halogens is 2. The van der Waals surface area contributed by atoms with Crippen molar-refractivity contribution in [3.8, 4) is 23.8 Å². The number of hydrazone groups is 1. The first-order chi connectivity index (χ1) is 12.5. The van der Waals surface area contributed by atoms with Crippen molar-refractivity contribution in [1.29, 1.82) is 0 Å². The van der Waals surface area contributed by atoms with Crippen LogP contribution < -0.4 is 14.9 Å². The van der Waals surface area contributed by atoms with Crippen LogP contribution in [-0.4, -0.2) is 25.8 Å². The Balaban J connectivity index is 2.01. The number of rotatable bonds is 7. The van der Waals surface area contributed by atoms with Gasteiger partial charge in [0.2, 0.25) is 5.91 Å². The van der Waals surface area contributed by atoms with Crippen molar-refractivity contribution in [3.05, 3.63) is 58.4 Å². The Bertz CT molecular complexity index is 845. The minimum absolute atomic E-state index is 0.0585. The van der Waals surface area contributed by atoms with Crippen molar-refractivity contribution in [2.75, 3.05) is 13.7 Å². The number of hydrogen-bond acceptors (Lipinski definition) is 4. The Morgan fingerprint density at radius 3 is 2.77 bits per heavy atom. The average Bonchev–Trinajstić information content (AvgIpc) is 2.62. The lowest BCUT2D eigenvalue weighted by atomic mass is 10.1. The summed E-state index contributed by atoms with van der Waals surface area (Å²) in [5, 5.41) is 4.18. The zero-order valence-electron chi connectivity index (χ0n) is 14.0. The van der Waals surface area contributed by atoms with Crippen molar-refractivity contribution in [1.82, 2.24) is 5.43 Å². The first-order valence-corrected chi connectivity index (χ1v) is 7.91. The molecule has 1 amide bonds. The van der Waals surface area contributed by atoms with Crippen molar-refractivity contribution in [3.63, 3.8) is 0 Å². The van der Waals surface area contributed by atoms with E-state index in [-0.39, 0.29) is 24.8 Å². The number of carbonyl (C=O) groups is 1. The van der Waals surface area contributed by atoms with Crippen LogP contribution in [-0.2, 0) is 11.2 Å². The van der Waals surface area contributed by atoms with Crippen molar-refractivity contribution in [2.45, 2.75) is 6.42 Å². The maximum absolute atomic E-state index is 12.8. The molecule has 5 nitrogen and oxygen atoms in total. The lowest BCUT2D eigenvalue weighted by molar-refractivity contribution is -0.120. The molecule has 26 heavy (non-hydrogen) atoms. The summed E-state index contributed by atoms with van der Waals surface area (Å²) in [5.41, 5.74) is 3.67. The van der Waals surface area contributed by atoms with Crippen LogP contribution in [0.25, 0.3) is 0 Å². The number of methoxy groups -OCH3 is 1. The molecule has 0 aromatic heterocycles. The highest BCUT2D eigenvalue weighted by atomic mass is 35.5. The Labute approximate surface area is 155 Å². The predicted octanol–water partition coefficient (Wildman–Crippen LogP) is 3.19. The highest BCUT2D eigenvalue weighted by molar-refractivity contribution is 6.32. The van der Waals surface area contributed by atoms with Gasteiger partial charge in [0.1, 0.15) is 12.4 Å². The summed E-state index contributed by atoms with van der Waals surface area (Å²) in [7, 11) is 1.47. The van der Waals surface area contributed by atoms with Gasteiger partial charge in [-0.1, -0.05) is 29.7 Å². The number of nitrogens with zero attached hydrogens (tertiary/aromatic N) is 1. The van der Waals surface area contributed by atoms with Crippen LogP contribution >= 0.6 is 11.6 Å². The van der Waals surface area contributed by atoms with Crippen LogP contribution in [0.3, 0.4) is 0 Å². The van der Waals surface area contributed by atoms with E-state index in [2.05, 4.69) is 16.4 Å². The van der Waals surface area contributed by atoms with Crippen molar-refractivity contribution >= 4 is 23.7 Å². The van der Waals surface area contributed by atoms with Gasteiger partial charge in [-0.15, -0.1) is 6.42 Å². The van der Waals surface area contributed by atoms with E-state index in [4.69, 9.17) is 27.5 Å². The van der Waals surface area contributed by atoms with Crippen LogP contribution in [0.15, 0.2) is 41.5 Å². The normalized spacial score (nSPS) is 10.4. The van der Waals surface area contributed by atoms with Gasteiger partial charge in [0.05, 0.1) is 24.8 Å². The summed E-state index contributed by atoms with van der Waals surface area (Å²) in [4.78, 5) is 11.8. The zero-order valence-corrected chi connectivity index (χ0v) is 14.7. The molecule has 2 rings (SSSR count). The highest BCUT2D eigenvalue weighted by Gasteiger charge is 2.11. The average molecular weight is 375 g/mol. The van der Waals surface area contributed by atoms with Gasteiger partial charge >= 0.3 is 0 Å². The molecule has 0 aliphatic rings. The number of carbonyl (C=O) groups excluding carboxylic acids is 1. The molecule has 0 bridgehead atoms. The summed E-state index contributed by atoms with van der Waals surface area (Å²) in [5.74, 6) is 2.39. The lowest BCUT2D eigenvalue weighted by Gasteiger charge is -2.11. The Morgan fingerprint density at radius 1 is 1.38 bits per heavy atom. The number of amides is 1. The van der Waals surface area contributed by atoms with E-state index in [0.29, 0.717) is 27.6 Å². The second-order valence-electron chi connectivity index (χ2n) is 5.12. The Hall–Kier alpha value is -3.04. The minimum Gasteiger partial charge on any atom is -0.493 e. The van der Waals surface area contributed by atoms with E-state index in [0.717, 1.165) is 0 Å². The minimum atomic E-state index is -0.354. The standard InChI is InChI=1S/C19H16ClFN2O3/c1-3-8-26-19-16(20)9-14(10-17(19)25-2)12-22-23-18(24)11-13-4-6-15(21)7-5-13/h1,4-7,9-10,12H,8,11H2,2H3,(H,23,24)/b22-12+. The van der Waals surface area contributed by atoms with Crippen LogP contribution in [0, 0.1) is 18.2 Å². The maximum atomic E-state index is 12.8. The Morgan fingerprint density at radius 2 is 2.12 bits per heavy atom. The molecular weight excluding hydrogens is 359 g/mol. The fourth-order valence-electron chi connectivity index (χ4n) is 2.07. The quantitative estimate of drug-likeness (QED) is 0.460. The second-order valence-corrected chi connectivity index (χ2v) is 5.53. The van der Waals surface area contributed by atoms with Gasteiger partial charge in [-0.2, -0.15) is 5.10 Å². The first-order valence-electron chi connectivity index (χ1n) is 7.53. The fourth-order valence-corrected chi connectivity index (χ4v) is 2.35. The largest absolute Gasteiger partial charge is 0.493 e. The van der Waals surface area contributed by atoms with E-state index < -0.39 is 0 Å². The molecule has 0 radical (unpaired) electrons. The molecule has 0 saturated heterocycles. The van der Waals surface area contributed by atoms with E-state index in [1.54, 1.807) is 12.1 Å². The first kappa shape index (κ1) is 19.3. The summed E-state index contributed by atoms with van der Waals surface area (Å²) in [6, 6.07) is 8.92. The van der Waals surface area contributed by atoms with Gasteiger partial charge in [0.25, 0.3) is 0 Å². The van der Waals surface area contributed by atoms with E-state index in [1.807, 2.05) is 0 Å². The third-order valence-corrected chi connectivity index (χ3v) is 3.51. The van der Waals surface area contributed by atoms with Gasteiger partial charge in [-0.3, -0.25) is 4.79 Å². The molecule has 0 unspecified atom stereocenters. The number of benzene rings is 2. The van der Waals surface area contributed by atoms with Gasteiger partial charge < -0.3 is 9.47 Å². The number of nitrogens with one attached hydrogen (secondary N) is 1. The molecule has 1 N–H and O–H groups in total. The van der Waals surface area contributed by atoms with Crippen LogP contribution in [0.5, 0.6) is 11.5 Å². The van der Waals surface area contributed by atoms with Crippen LogP contribution in [0.2, 0.25) is 5.02 Å². The van der Waals surface area contributed by atoms with E-state index in [9.17, 15) is 9.18 Å². The molecule has 2 aromatic carbocycles. The molecule has 2 aromatic rings. The fraction of sp³-hybridized carbons (Fsp3) is 0.158. The summed E-state index contributed by atoms with van der Waals surface area (Å²) < 4.78 is 23.4. The number of ether oxygens (including phenoxy) is 2. The number of terminal acetylenes is 1. The summed E-state index contributed by atoms with van der Waals surface area (Å²) >= 11 is 6.16. The molecule has 0 heterocycles. The van der Waals surface area contributed by atoms with Gasteiger partial charge in [-0.05, 0) is 35.4 Å². The molecule has 0 atom stereocenters. The van der Waals surface area contributed by atoms with Gasteiger partial charge in [0.15, 0.2) is 11.5 Å². The lowest BCUT2D eigenvalue weighted by Crippen LogP contribution is -2.19. The Kier molecular flexibility index (Phi) is 7.01.